The van der Waals surface area contributed by atoms with Crippen molar-refractivity contribution in [3.8, 4) is 0 Å². The zero-order valence-corrected chi connectivity index (χ0v) is 17.1. The van der Waals surface area contributed by atoms with Crippen molar-refractivity contribution in [1.82, 2.24) is 5.32 Å². The molecule has 0 saturated heterocycles. The highest BCUT2D eigenvalue weighted by Gasteiger charge is 2.25. The van der Waals surface area contributed by atoms with Crippen LogP contribution in [0.1, 0.15) is 47.1 Å². The van der Waals surface area contributed by atoms with E-state index in [0.29, 0.717) is 5.69 Å². The quantitative estimate of drug-likeness (QED) is 0.767. The molecular weight excluding hydrogens is 348 g/mol. The summed E-state index contributed by atoms with van der Waals surface area (Å²) in [5.74, 6) is -0.653. The highest BCUT2D eigenvalue weighted by molar-refractivity contribution is 5.94. The molecule has 0 bridgehead atoms. The van der Waals surface area contributed by atoms with E-state index in [1.807, 2.05) is 20.8 Å². The van der Waals surface area contributed by atoms with E-state index in [2.05, 4.69) is 10.6 Å². The second kappa shape index (κ2) is 8.88. The smallest absolute Gasteiger partial charge is 0.408 e. The SMILES string of the molecule is COC(=O)[C@H](Cc1ccc(NC(=O)C(C)(C)C)cc1)NC(=O)OC(C)(C)C. The van der Waals surface area contributed by atoms with E-state index in [-0.39, 0.29) is 12.3 Å². The van der Waals surface area contributed by atoms with E-state index in [1.54, 1.807) is 45.0 Å². The fraction of sp³-hybridized carbons (Fsp3) is 0.550. The predicted molar refractivity (Wildman–Crippen MR) is 103 cm³/mol. The fourth-order valence-electron chi connectivity index (χ4n) is 2.06. The maximum Gasteiger partial charge on any atom is 0.408 e. The first-order valence-electron chi connectivity index (χ1n) is 8.79. The molecule has 1 atom stereocenters. The molecule has 0 radical (unpaired) electrons. The van der Waals surface area contributed by atoms with Gasteiger partial charge >= 0.3 is 12.1 Å². The topological polar surface area (TPSA) is 93.7 Å². The van der Waals surface area contributed by atoms with Gasteiger partial charge in [-0.2, -0.15) is 0 Å². The van der Waals surface area contributed by atoms with Crippen molar-refractivity contribution in [3.63, 3.8) is 0 Å². The molecule has 0 unspecified atom stereocenters. The number of amides is 2. The second-order valence-electron chi connectivity index (χ2n) is 8.33. The maximum absolute atomic E-state index is 12.0. The van der Waals surface area contributed by atoms with Gasteiger partial charge in [0.15, 0.2) is 0 Å². The van der Waals surface area contributed by atoms with Crippen molar-refractivity contribution >= 4 is 23.7 Å². The number of carbonyl (C=O) groups excluding carboxylic acids is 3. The molecule has 7 heteroatoms. The van der Waals surface area contributed by atoms with Gasteiger partial charge in [0.05, 0.1) is 7.11 Å². The molecule has 7 nitrogen and oxygen atoms in total. The van der Waals surface area contributed by atoms with E-state index < -0.39 is 29.1 Å². The first kappa shape index (κ1) is 22.5. The molecule has 0 fully saturated rings. The highest BCUT2D eigenvalue weighted by atomic mass is 16.6. The van der Waals surface area contributed by atoms with E-state index in [4.69, 9.17) is 9.47 Å². The van der Waals surface area contributed by atoms with Crippen molar-refractivity contribution < 1.29 is 23.9 Å². The molecule has 150 valence electrons. The van der Waals surface area contributed by atoms with E-state index in [0.717, 1.165) is 5.56 Å². The van der Waals surface area contributed by atoms with Crippen LogP contribution in [0.5, 0.6) is 0 Å². The van der Waals surface area contributed by atoms with Crippen LogP contribution < -0.4 is 10.6 Å². The van der Waals surface area contributed by atoms with Gasteiger partial charge in [-0.3, -0.25) is 4.79 Å². The number of carbonyl (C=O) groups is 3. The summed E-state index contributed by atoms with van der Waals surface area (Å²) in [5.41, 5.74) is 0.299. The monoisotopic (exact) mass is 378 g/mol. The summed E-state index contributed by atoms with van der Waals surface area (Å²) < 4.78 is 9.95. The second-order valence-corrected chi connectivity index (χ2v) is 8.33. The number of methoxy groups -OCH3 is 1. The Kier molecular flexibility index (Phi) is 7.39. The molecular formula is C20H30N2O5. The summed E-state index contributed by atoms with van der Waals surface area (Å²) in [4.78, 5) is 36.0. The van der Waals surface area contributed by atoms with Gasteiger partial charge in [0.1, 0.15) is 11.6 Å². The summed E-state index contributed by atoms with van der Waals surface area (Å²) in [6.45, 7) is 10.7. The minimum atomic E-state index is -0.875. The third kappa shape index (κ3) is 8.11. The van der Waals surface area contributed by atoms with Crippen molar-refractivity contribution in [1.29, 1.82) is 0 Å². The van der Waals surface area contributed by atoms with Crippen molar-refractivity contribution in [2.75, 3.05) is 12.4 Å². The predicted octanol–water partition coefficient (Wildman–Crippen LogP) is 3.28. The molecule has 1 aromatic carbocycles. The van der Waals surface area contributed by atoms with Crippen LogP contribution in [0.25, 0.3) is 0 Å². The molecule has 1 rings (SSSR count). The number of anilines is 1. The Morgan fingerprint density at radius 2 is 1.56 bits per heavy atom. The molecule has 0 aliphatic carbocycles. The van der Waals surface area contributed by atoms with Crippen LogP contribution in [0, 0.1) is 5.41 Å². The number of hydrogen-bond acceptors (Lipinski definition) is 5. The third-order valence-electron chi connectivity index (χ3n) is 3.51. The van der Waals surface area contributed by atoms with Crippen LogP contribution in [0.3, 0.4) is 0 Å². The summed E-state index contributed by atoms with van der Waals surface area (Å²) in [7, 11) is 1.26. The Labute approximate surface area is 160 Å². The van der Waals surface area contributed by atoms with Crippen LogP contribution in [0.15, 0.2) is 24.3 Å². The minimum absolute atomic E-state index is 0.0886. The molecule has 2 amide bonds. The van der Waals surface area contributed by atoms with Gasteiger partial charge in [0.25, 0.3) is 0 Å². The molecule has 0 saturated carbocycles. The largest absolute Gasteiger partial charge is 0.467 e. The molecule has 2 N–H and O–H groups in total. The Morgan fingerprint density at radius 3 is 2.00 bits per heavy atom. The van der Waals surface area contributed by atoms with Gasteiger partial charge in [0.2, 0.25) is 5.91 Å². The van der Waals surface area contributed by atoms with Crippen LogP contribution in [0.4, 0.5) is 10.5 Å². The van der Waals surface area contributed by atoms with Crippen molar-refractivity contribution in [3.05, 3.63) is 29.8 Å². The third-order valence-corrected chi connectivity index (χ3v) is 3.51. The van der Waals surface area contributed by atoms with E-state index in [1.165, 1.54) is 7.11 Å². The molecule has 27 heavy (non-hydrogen) atoms. The van der Waals surface area contributed by atoms with Gasteiger partial charge in [-0.15, -0.1) is 0 Å². The Balaban J connectivity index is 2.80. The number of hydrogen-bond donors (Lipinski definition) is 2. The minimum Gasteiger partial charge on any atom is -0.467 e. The Bertz CT molecular complexity index is 669. The molecule has 0 spiro atoms. The van der Waals surface area contributed by atoms with Crippen LogP contribution >= 0.6 is 0 Å². The average Bonchev–Trinajstić information content (AvgIpc) is 2.52. The summed E-state index contributed by atoms with van der Waals surface area (Å²) in [6, 6.07) is 6.19. The first-order valence-corrected chi connectivity index (χ1v) is 8.79. The Morgan fingerprint density at radius 1 is 1.00 bits per heavy atom. The highest BCUT2D eigenvalue weighted by Crippen LogP contribution is 2.18. The lowest BCUT2D eigenvalue weighted by molar-refractivity contribution is -0.143. The number of rotatable bonds is 5. The number of benzene rings is 1. The van der Waals surface area contributed by atoms with Gasteiger partial charge < -0.3 is 20.1 Å². The zero-order valence-electron chi connectivity index (χ0n) is 17.1. The van der Waals surface area contributed by atoms with Gasteiger partial charge in [-0.25, -0.2) is 9.59 Å². The van der Waals surface area contributed by atoms with E-state index >= 15 is 0 Å². The Hall–Kier alpha value is -2.57. The van der Waals surface area contributed by atoms with Crippen molar-refractivity contribution in [2.45, 2.75) is 59.6 Å². The lowest BCUT2D eigenvalue weighted by atomic mass is 9.95. The summed E-state index contributed by atoms with van der Waals surface area (Å²) >= 11 is 0. The van der Waals surface area contributed by atoms with Crippen LogP contribution in [-0.4, -0.2) is 36.7 Å². The average molecular weight is 378 g/mol. The molecule has 0 aromatic heterocycles. The first-order chi connectivity index (χ1) is 12.3. The standard InChI is InChI=1S/C20H30N2O5/c1-19(2,3)17(24)21-14-10-8-13(9-11-14)12-15(16(23)26-7)22-18(25)27-20(4,5)6/h8-11,15H,12H2,1-7H3,(H,21,24)(H,22,25)/t15-/m0/s1. The summed E-state index contributed by atoms with van der Waals surface area (Å²) in [6.07, 6.45) is -0.452. The number of esters is 1. The van der Waals surface area contributed by atoms with Gasteiger partial charge in [-0.05, 0) is 38.5 Å². The zero-order chi connectivity index (χ0) is 20.8. The fourth-order valence-corrected chi connectivity index (χ4v) is 2.06. The van der Waals surface area contributed by atoms with Crippen LogP contribution in [0.2, 0.25) is 0 Å². The van der Waals surface area contributed by atoms with Crippen molar-refractivity contribution in [2.24, 2.45) is 5.41 Å². The number of alkyl carbamates (subject to hydrolysis) is 1. The van der Waals surface area contributed by atoms with Gasteiger partial charge in [0, 0.05) is 17.5 Å². The number of ether oxygens (including phenoxy) is 2. The number of nitrogens with one attached hydrogen (secondary N) is 2. The maximum atomic E-state index is 12.0. The molecule has 1 aromatic rings. The lowest BCUT2D eigenvalue weighted by Gasteiger charge is -2.22. The molecule has 0 aliphatic rings. The lowest BCUT2D eigenvalue weighted by Crippen LogP contribution is -2.45. The molecule has 0 heterocycles. The van der Waals surface area contributed by atoms with Gasteiger partial charge in [-0.1, -0.05) is 32.9 Å². The summed E-state index contributed by atoms with van der Waals surface area (Å²) in [5, 5.41) is 5.37. The van der Waals surface area contributed by atoms with E-state index in [9.17, 15) is 14.4 Å². The van der Waals surface area contributed by atoms with Crippen LogP contribution in [-0.2, 0) is 25.5 Å². The molecule has 0 aliphatic heterocycles. The normalized spacial score (nSPS) is 12.7.